The van der Waals surface area contributed by atoms with E-state index in [1.54, 1.807) is 0 Å². The van der Waals surface area contributed by atoms with Crippen molar-refractivity contribution in [3.8, 4) is 0 Å². The Hall–Kier alpha value is -2.80. The zero-order valence-corrected chi connectivity index (χ0v) is 15.1. The molecule has 2 heterocycles. The van der Waals surface area contributed by atoms with Gasteiger partial charge in [0, 0.05) is 25.1 Å². The average Bonchev–Trinajstić information content (AvgIpc) is 3.29. The molecular formula is C21H20F2N2O3. The third kappa shape index (κ3) is 3.49. The number of imide groups is 1. The third-order valence-electron chi connectivity index (χ3n) is 5.41. The standard InChI is InChI=1S/C21H20F2N2O3/c22-14-6-7-16(19(23)9-14)17-10-24-11-18(17)20(26)25-15(12-28-21(25)27)8-13-4-2-1-3-5-13/h1-7,9,15,17-18,24H,8,10-12H2/t15-,17+,18-/m0/s1. The van der Waals surface area contributed by atoms with Crippen molar-refractivity contribution < 1.29 is 23.1 Å². The summed E-state index contributed by atoms with van der Waals surface area (Å²) in [5.41, 5.74) is 1.27. The van der Waals surface area contributed by atoms with Crippen LogP contribution >= 0.6 is 0 Å². The van der Waals surface area contributed by atoms with Gasteiger partial charge in [0.15, 0.2) is 0 Å². The molecule has 2 saturated heterocycles. The Kier molecular flexibility index (Phi) is 5.09. The fourth-order valence-corrected chi connectivity index (χ4v) is 4.01. The molecule has 4 rings (SSSR count). The van der Waals surface area contributed by atoms with Crippen LogP contribution in [0.3, 0.4) is 0 Å². The van der Waals surface area contributed by atoms with Gasteiger partial charge in [0.2, 0.25) is 5.91 Å². The van der Waals surface area contributed by atoms with Gasteiger partial charge in [0.05, 0.1) is 12.0 Å². The highest BCUT2D eigenvalue weighted by Crippen LogP contribution is 2.33. The highest BCUT2D eigenvalue weighted by atomic mass is 19.1. The van der Waals surface area contributed by atoms with Crippen LogP contribution in [-0.2, 0) is 16.0 Å². The van der Waals surface area contributed by atoms with Gasteiger partial charge in [0.25, 0.3) is 0 Å². The smallest absolute Gasteiger partial charge is 0.416 e. The Morgan fingerprint density at radius 3 is 2.68 bits per heavy atom. The third-order valence-corrected chi connectivity index (χ3v) is 5.41. The minimum Gasteiger partial charge on any atom is -0.447 e. The molecule has 3 atom stereocenters. The number of halogens is 2. The van der Waals surface area contributed by atoms with Crippen molar-refractivity contribution in [3.05, 3.63) is 71.3 Å². The molecule has 146 valence electrons. The average molecular weight is 386 g/mol. The number of nitrogens with zero attached hydrogens (tertiary/aromatic N) is 1. The van der Waals surface area contributed by atoms with Gasteiger partial charge in [-0.05, 0) is 23.6 Å². The van der Waals surface area contributed by atoms with E-state index in [2.05, 4.69) is 5.32 Å². The van der Waals surface area contributed by atoms with Crippen molar-refractivity contribution in [1.29, 1.82) is 0 Å². The van der Waals surface area contributed by atoms with Crippen molar-refractivity contribution in [2.45, 2.75) is 18.4 Å². The molecule has 7 heteroatoms. The lowest BCUT2D eigenvalue weighted by molar-refractivity contribution is -0.133. The van der Waals surface area contributed by atoms with Crippen molar-refractivity contribution in [2.24, 2.45) is 5.92 Å². The first-order valence-electron chi connectivity index (χ1n) is 9.24. The van der Waals surface area contributed by atoms with Crippen LogP contribution in [0.4, 0.5) is 13.6 Å². The van der Waals surface area contributed by atoms with Crippen LogP contribution in [0.2, 0.25) is 0 Å². The molecule has 0 saturated carbocycles. The van der Waals surface area contributed by atoms with Crippen LogP contribution in [0, 0.1) is 17.6 Å². The summed E-state index contributed by atoms with van der Waals surface area (Å²) < 4.78 is 32.7. The van der Waals surface area contributed by atoms with Gasteiger partial charge in [-0.3, -0.25) is 4.79 Å². The predicted molar refractivity (Wildman–Crippen MR) is 97.6 cm³/mol. The Balaban J connectivity index is 1.56. The predicted octanol–water partition coefficient (Wildman–Crippen LogP) is 2.86. The number of cyclic esters (lactones) is 1. The fourth-order valence-electron chi connectivity index (χ4n) is 4.01. The van der Waals surface area contributed by atoms with Gasteiger partial charge in [-0.15, -0.1) is 0 Å². The summed E-state index contributed by atoms with van der Waals surface area (Å²) in [6.07, 6.45) is -0.176. The minimum absolute atomic E-state index is 0.134. The van der Waals surface area contributed by atoms with Crippen molar-refractivity contribution in [2.75, 3.05) is 19.7 Å². The summed E-state index contributed by atoms with van der Waals surface area (Å²) in [7, 11) is 0. The second-order valence-electron chi connectivity index (χ2n) is 7.17. The molecule has 0 unspecified atom stereocenters. The summed E-state index contributed by atoms with van der Waals surface area (Å²) in [6.45, 7) is 0.836. The largest absolute Gasteiger partial charge is 0.447 e. The summed E-state index contributed by atoms with van der Waals surface area (Å²) in [4.78, 5) is 26.6. The van der Waals surface area contributed by atoms with Crippen LogP contribution < -0.4 is 5.32 Å². The maximum Gasteiger partial charge on any atom is 0.416 e. The second-order valence-corrected chi connectivity index (χ2v) is 7.17. The molecule has 2 aromatic carbocycles. The molecule has 0 spiro atoms. The van der Waals surface area contributed by atoms with Crippen LogP contribution in [0.5, 0.6) is 0 Å². The van der Waals surface area contributed by atoms with E-state index in [1.165, 1.54) is 17.0 Å². The van der Waals surface area contributed by atoms with Gasteiger partial charge < -0.3 is 10.1 Å². The van der Waals surface area contributed by atoms with Gasteiger partial charge >= 0.3 is 6.09 Å². The molecule has 5 nitrogen and oxygen atoms in total. The zero-order chi connectivity index (χ0) is 19.7. The maximum absolute atomic E-state index is 14.3. The number of carbonyl (C=O) groups excluding carboxylic acids is 2. The minimum atomic E-state index is -0.684. The van der Waals surface area contributed by atoms with Gasteiger partial charge in [-0.2, -0.15) is 0 Å². The lowest BCUT2D eigenvalue weighted by Gasteiger charge is -2.26. The number of amides is 2. The van der Waals surface area contributed by atoms with E-state index in [9.17, 15) is 18.4 Å². The molecule has 2 aliphatic heterocycles. The molecule has 0 aliphatic carbocycles. The molecule has 0 bridgehead atoms. The number of nitrogens with one attached hydrogen (secondary N) is 1. The Morgan fingerprint density at radius 2 is 1.93 bits per heavy atom. The SMILES string of the molecule is O=C1OC[C@H](Cc2ccccc2)N1C(=O)[C@H]1CNC[C@@H]1c1ccc(F)cc1F. The quantitative estimate of drug-likeness (QED) is 0.878. The van der Waals surface area contributed by atoms with Crippen molar-refractivity contribution in [3.63, 3.8) is 0 Å². The lowest BCUT2D eigenvalue weighted by Crippen LogP contribution is -2.45. The Bertz CT molecular complexity index is 890. The normalized spacial score (nSPS) is 24.4. The molecule has 0 aromatic heterocycles. The summed E-state index contributed by atoms with van der Waals surface area (Å²) >= 11 is 0. The molecule has 2 fully saturated rings. The second kappa shape index (κ2) is 7.67. The Labute approximate surface area is 161 Å². The number of rotatable bonds is 4. The van der Waals surface area contributed by atoms with Gasteiger partial charge in [-0.25, -0.2) is 18.5 Å². The first kappa shape index (κ1) is 18.6. The van der Waals surface area contributed by atoms with Crippen molar-refractivity contribution >= 4 is 12.0 Å². The molecule has 1 N–H and O–H groups in total. The van der Waals surface area contributed by atoms with E-state index in [0.29, 0.717) is 19.5 Å². The molecule has 2 aromatic rings. The van der Waals surface area contributed by atoms with E-state index < -0.39 is 35.6 Å². The van der Waals surface area contributed by atoms with Crippen molar-refractivity contribution in [1.82, 2.24) is 10.2 Å². The number of hydrogen-bond acceptors (Lipinski definition) is 4. The van der Waals surface area contributed by atoms with Crippen LogP contribution in [0.15, 0.2) is 48.5 Å². The fraction of sp³-hybridized carbons (Fsp3) is 0.333. The van der Waals surface area contributed by atoms with E-state index in [-0.39, 0.29) is 18.1 Å². The van der Waals surface area contributed by atoms with Crippen LogP contribution in [0.1, 0.15) is 17.0 Å². The first-order chi connectivity index (χ1) is 13.5. The number of benzene rings is 2. The lowest BCUT2D eigenvalue weighted by atomic mass is 9.87. The molecule has 0 radical (unpaired) electrons. The van der Waals surface area contributed by atoms with E-state index in [0.717, 1.165) is 11.6 Å². The highest BCUT2D eigenvalue weighted by molar-refractivity contribution is 5.95. The summed E-state index contributed by atoms with van der Waals surface area (Å²) in [5.74, 6) is -2.83. The molecule has 2 amide bonds. The zero-order valence-electron chi connectivity index (χ0n) is 15.1. The van der Waals surface area contributed by atoms with E-state index in [4.69, 9.17) is 4.74 Å². The first-order valence-corrected chi connectivity index (χ1v) is 9.24. The topological polar surface area (TPSA) is 58.6 Å². The highest BCUT2D eigenvalue weighted by Gasteiger charge is 2.45. The molecular weight excluding hydrogens is 366 g/mol. The van der Waals surface area contributed by atoms with Crippen LogP contribution in [-0.4, -0.2) is 42.6 Å². The molecule has 2 aliphatic rings. The summed E-state index contributed by atoms with van der Waals surface area (Å²) in [6, 6.07) is 12.5. The van der Waals surface area contributed by atoms with E-state index in [1.807, 2.05) is 30.3 Å². The number of carbonyl (C=O) groups is 2. The number of ether oxygens (including phenoxy) is 1. The van der Waals surface area contributed by atoms with Gasteiger partial charge in [0.1, 0.15) is 18.2 Å². The monoisotopic (exact) mass is 386 g/mol. The summed E-state index contributed by atoms with van der Waals surface area (Å²) in [5, 5.41) is 3.09. The van der Waals surface area contributed by atoms with Crippen LogP contribution in [0.25, 0.3) is 0 Å². The maximum atomic E-state index is 14.3. The van der Waals surface area contributed by atoms with E-state index >= 15 is 0 Å². The number of hydrogen-bond donors (Lipinski definition) is 1. The Morgan fingerprint density at radius 1 is 1.14 bits per heavy atom. The molecule has 28 heavy (non-hydrogen) atoms. The van der Waals surface area contributed by atoms with Gasteiger partial charge in [-0.1, -0.05) is 36.4 Å².